The van der Waals surface area contributed by atoms with Crippen molar-refractivity contribution >= 4 is 22.5 Å². The first-order valence-electron chi connectivity index (χ1n) is 7.01. The number of amides is 1. The van der Waals surface area contributed by atoms with Crippen molar-refractivity contribution in [3.05, 3.63) is 42.4 Å². The Bertz CT molecular complexity index is 804. The van der Waals surface area contributed by atoms with Crippen molar-refractivity contribution in [2.75, 3.05) is 5.32 Å². The van der Waals surface area contributed by atoms with Crippen molar-refractivity contribution < 1.29 is 13.9 Å². The van der Waals surface area contributed by atoms with E-state index >= 15 is 0 Å². The van der Waals surface area contributed by atoms with E-state index in [-0.39, 0.29) is 12.0 Å². The summed E-state index contributed by atoms with van der Waals surface area (Å²) in [6.45, 7) is 3.90. The Kier molecular flexibility index (Phi) is 3.58. The van der Waals surface area contributed by atoms with Crippen molar-refractivity contribution in [2.24, 2.45) is 7.05 Å². The Labute approximate surface area is 127 Å². The molecule has 0 aliphatic rings. The van der Waals surface area contributed by atoms with E-state index in [1.165, 1.54) is 12.5 Å². The standard InChI is InChI=1S/C16H17N3O3/c1-10(2)22-16-13-8-12(4-5-14(13)19(3)18-16)17-15(20)11-6-7-21-9-11/h4-10H,1-3H3,(H,17,20). The van der Waals surface area contributed by atoms with Crippen LogP contribution in [0, 0.1) is 0 Å². The number of carbonyl (C=O) groups excluding carboxylic acids is 1. The number of nitrogens with one attached hydrogen (secondary N) is 1. The molecular formula is C16H17N3O3. The number of fused-ring (bicyclic) bond motifs is 1. The number of hydrogen-bond acceptors (Lipinski definition) is 4. The van der Waals surface area contributed by atoms with Gasteiger partial charge in [0.15, 0.2) is 0 Å². The summed E-state index contributed by atoms with van der Waals surface area (Å²) in [7, 11) is 1.86. The minimum atomic E-state index is -0.219. The zero-order valence-electron chi connectivity index (χ0n) is 12.7. The second-order valence-corrected chi connectivity index (χ2v) is 5.29. The van der Waals surface area contributed by atoms with Crippen LogP contribution in [0.15, 0.2) is 41.2 Å². The lowest BCUT2D eigenvalue weighted by Gasteiger charge is -2.07. The molecule has 1 amide bonds. The highest BCUT2D eigenvalue weighted by atomic mass is 16.5. The monoisotopic (exact) mass is 299 g/mol. The fourth-order valence-corrected chi connectivity index (χ4v) is 2.22. The molecule has 2 heterocycles. The van der Waals surface area contributed by atoms with Crippen molar-refractivity contribution in [1.82, 2.24) is 9.78 Å². The molecule has 1 N–H and O–H groups in total. The van der Waals surface area contributed by atoms with E-state index in [9.17, 15) is 4.79 Å². The van der Waals surface area contributed by atoms with Crippen molar-refractivity contribution in [3.8, 4) is 5.88 Å². The summed E-state index contributed by atoms with van der Waals surface area (Å²) in [6.07, 6.45) is 2.90. The van der Waals surface area contributed by atoms with Crippen LogP contribution >= 0.6 is 0 Å². The van der Waals surface area contributed by atoms with Crippen LogP contribution < -0.4 is 10.1 Å². The molecule has 0 spiro atoms. The second kappa shape index (κ2) is 5.55. The van der Waals surface area contributed by atoms with Gasteiger partial charge < -0.3 is 14.5 Å². The average molecular weight is 299 g/mol. The summed E-state index contributed by atoms with van der Waals surface area (Å²) in [5.41, 5.74) is 2.10. The molecule has 6 nitrogen and oxygen atoms in total. The molecule has 3 aromatic rings. The molecule has 0 atom stereocenters. The molecule has 0 saturated carbocycles. The van der Waals surface area contributed by atoms with Gasteiger partial charge in [-0.25, -0.2) is 0 Å². The van der Waals surface area contributed by atoms with E-state index in [2.05, 4.69) is 10.4 Å². The average Bonchev–Trinajstić information content (AvgIpc) is 3.08. The number of aryl methyl sites for hydroxylation is 1. The Morgan fingerprint density at radius 3 is 2.86 bits per heavy atom. The Morgan fingerprint density at radius 2 is 2.18 bits per heavy atom. The predicted octanol–water partition coefficient (Wildman–Crippen LogP) is 3.21. The van der Waals surface area contributed by atoms with Gasteiger partial charge in [0, 0.05) is 12.7 Å². The summed E-state index contributed by atoms with van der Waals surface area (Å²) < 4.78 is 12.4. The quantitative estimate of drug-likeness (QED) is 0.803. The maximum absolute atomic E-state index is 12.1. The molecule has 114 valence electrons. The Hall–Kier alpha value is -2.76. The number of aromatic nitrogens is 2. The number of anilines is 1. The van der Waals surface area contributed by atoms with Gasteiger partial charge in [0.1, 0.15) is 6.26 Å². The molecule has 0 radical (unpaired) electrons. The van der Waals surface area contributed by atoms with Crippen LogP contribution in [0.5, 0.6) is 5.88 Å². The molecule has 0 aliphatic carbocycles. The number of nitrogens with zero attached hydrogens (tertiary/aromatic N) is 2. The summed E-state index contributed by atoms with van der Waals surface area (Å²) in [4.78, 5) is 12.1. The highest BCUT2D eigenvalue weighted by Gasteiger charge is 2.13. The fraction of sp³-hybridized carbons (Fsp3) is 0.250. The lowest BCUT2D eigenvalue weighted by molar-refractivity contribution is 0.102. The van der Waals surface area contributed by atoms with Crippen molar-refractivity contribution in [3.63, 3.8) is 0 Å². The van der Waals surface area contributed by atoms with Crippen LogP contribution in [0.2, 0.25) is 0 Å². The van der Waals surface area contributed by atoms with Gasteiger partial charge in [0.25, 0.3) is 5.91 Å². The summed E-state index contributed by atoms with van der Waals surface area (Å²) in [6, 6.07) is 7.21. The highest BCUT2D eigenvalue weighted by molar-refractivity contribution is 6.05. The Morgan fingerprint density at radius 1 is 1.36 bits per heavy atom. The first kappa shape index (κ1) is 14.2. The number of carbonyl (C=O) groups is 1. The van der Waals surface area contributed by atoms with Gasteiger partial charge in [-0.2, -0.15) is 0 Å². The van der Waals surface area contributed by atoms with E-state index in [0.717, 1.165) is 10.9 Å². The van der Waals surface area contributed by atoms with Gasteiger partial charge in [-0.15, -0.1) is 5.10 Å². The molecular weight excluding hydrogens is 282 g/mol. The van der Waals surface area contributed by atoms with Crippen LogP contribution in [0.25, 0.3) is 10.9 Å². The van der Waals surface area contributed by atoms with Gasteiger partial charge in [0.2, 0.25) is 5.88 Å². The van der Waals surface area contributed by atoms with E-state index in [1.807, 2.05) is 39.1 Å². The lowest BCUT2D eigenvalue weighted by atomic mass is 10.2. The van der Waals surface area contributed by atoms with E-state index in [1.54, 1.807) is 10.7 Å². The van der Waals surface area contributed by atoms with Gasteiger partial charge >= 0.3 is 0 Å². The molecule has 0 bridgehead atoms. The van der Waals surface area contributed by atoms with Crippen LogP contribution in [-0.4, -0.2) is 21.8 Å². The molecule has 0 fully saturated rings. The Balaban J connectivity index is 1.93. The normalized spacial score (nSPS) is 11.1. The topological polar surface area (TPSA) is 69.3 Å². The molecule has 1 aromatic carbocycles. The number of hydrogen-bond donors (Lipinski definition) is 1. The molecule has 0 unspecified atom stereocenters. The molecule has 3 rings (SSSR count). The van der Waals surface area contributed by atoms with Gasteiger partial charge in [-0.1, -0.05) is 0 Å². The molecule has 0 aliphatic heterocycles. The number of rotatable bonds is 4. The third-order valence-corrected chi connectivity index (χ3v) is 3.20. The lowest BCUT2D eigenvalue weighted by Crippen LogP contribution is -2.10. The van der Waals surface area contributed by atoms with Gasteiger partial charge in [-0.05, 0) is 38.1 Å². The summed E-state index contributed by atoms with van der Waals surface area (Å²) in [5.74, 6) is 0.343. The molecule has 22 heavy (non-hydrogen) atoms. The largest absolute Gasteiger partial charge is 0.473 e. The SMILES string of the molecule is CC(C)Oc1nn(C)c2ccc(NC(=O)c3ccoc3)cc12. The first-order valence-corrected chi connectivity index (χ1v) is 7.01. The van der Waals surface area contributed by atoms with E-state index < -0.39 is 0 Å². The third-order valence-electron chi connectivity index (χ3n) is 3.20. The van der Waals surface area contributed by atoms with Gasteiger partial charge in [0.05, 0.1) is 28.8 Å². The van der Waals surface area contributed by atoms with E-state index in [4.69, 9.17) is 9.15 Å². The fourth-order valence-electron chi connectivity index (χ4n) is 2.22. The predicted molar refractivity (Wildman–Crippen MR) is 83.1 cm³/mol. The number of furan rings is 1. The first-order chi connectivity index (χ1) is 10.5. The zero-order valence-corrected chi connectivity index (χ0v) is 12.7. The summed E-state index contributed by atoms with van der Waals surface area (Å²) in [5, 5.41) is 8.06. The molecule has 6 heteroatoms. The molecule has 2 aromatic heterocycles. The molecule has 0 saturated heterocycles. The minimum Gasteiger partial charge on any atom is -0.473 e. The van der Waals surface area contributed by atoms with Crippen molar-refractivity contribution in [2.45, 2.75) is 20.0 Å². The van der Waals surface area contributed by atoms with Crippen molar-refractivity contribution in [1.29, 1.82) is 0 Å². The van der Waals surface area contributed by atoms with Crippen LogP contribution in [0.3, 0.4) is 0 Å². The smallest absolute Gasteiger partial charge is 0.258 e. The van der Waals surface area contributed by atoms with Crippen LogP contribution in [0.4, 0.5) is 5.69 Å². The number of benzene rings is 1. The zero-order chi connectivity index (χ0) is 15.7. The number of ether oxygens (including phenoxy) is 1. The second-order valence-electron chi connectivity index (χ2n) is 5.29. The van der Waals surface area contributed by atoms with Crippen LogP contribution in [-0.2, 0) is 7.05 Å². The van der Waals surface area contributed by atoms with Crippen LogP contribution in [0.1, 0.15) is 24.2 Å². The van der Waals surface area contributed by atoms with Gasteiger partial charge in [-0.3, -0.25) is 9.48 Å². The maximum atomic E-state index is 12.1. The third kappa shape index (κ3) is 2.67. The summed E-state index contributed by atoms with van der Waals surface area (Å²) >= 11 is 0. The van der Waals surface area contributed by atoms with E-state index in [0.29, 0.717) is 17.1 Å². The maximum Gasteiger partial charge on any atom is 0.258 e. The highest BCUT2D eigenvalue weighted by Crippen LogP contribution is 2.28. The minimum absolute atomic E-state index is 0.0299.